The Bertz CT molecular complexity index is 1020. The highest BCUT2D eigenvalue weighted by Gasteiger charge is 2.18. The number of nitrogens with zero attached hydrogens (tertiary/aromatic N) is 4. The van der Waals surface area contributed by atoms with Crippen LogP contribution in [-0.2, 0) is 12.3 Å². The van der Waals surface area contributed by atoms with Gasteiger partial charge in [0.1, 0.15) is 5.75 Å². The highest BCUT2D eigenvalue weighted by atomic mass is 32.2. The van der Waals surface area contributed by atoms with E-state index < -0.39 is 0 Å². The molecule has 2 aromatic carbocycles. The third-order valence-electron chi connectivity index (χ3n) is 4.35. The fourth-order valence-corrected chi connectivity index (χ4v) is 3.90. The maximum Gasteiger partial charge on any atom is 0.272 e. The van der Waals surface area contributed by atoms with Gasteiger partial charge in [0.25, 0.3) is 5.69 Å². The molecule has 7 nitrogen and oxygen atoms in total. The molecule has 8 heteroatoms. The summed E-state index contributed by atoms with van der Waals surface area (Å²) < 4.78 is 7.41. The van der Waals surface area contributed by atoms with Crippen LogP contribution in [0, 0.1) is 17.0 Å². The monoisotopic (exact) mass is 396 g/mol. The second-order valence-electron chi connectivity index (χ2n) is 6.01. The molecule has 3 rings (SSSR count). The summed E-state index contributed by atoms with van der Waals surface area (Å²) in [5, 5.41) is 20.5. The average molecular weight is 396 g/mol. The van der Waals surface area contributed by atoms with E-state index in [1.807, 2.05) is 34.9 Å². The number of hydrogen-bond donors (Lipinski definition) is 0. The first-order valence-corrected chi connectivity index (χ1v) is 9.58. The lowest BCUT2D eigenvalue weighted by atomic mass is 10.1. The zero-order valence-electron chi connectivity index (χ0n) is 15.7. The van der Waals surface area contributed by atoms with Gasteiger partial charge < -0.3 is 4.74 Å². The fourth-order valence-electron chi connectivity index (χ4n) is 2.88. The number of nitro benzene ring substituents is 1. The molecular formula is C20H20N4O3S. The van der Waals surface area contributed by atoms with E-state index in [1.54, 1.807) is 26.2 Å². The number of thioether (sulfide) groups is 1. The SMILES string of the molecule is C=CCn1c(SCc2cccc([N+](=O)[O-])c2C)nnc1-c1ccccc1OC. The summed E-state index contributed by atoms with van der Waals surface area (Å²) in [5.74, 6) is 1.95. The van der Waals surface area contributed by atoms with Gasteiger partial charge in [-0.2, -0.15) is 0 Å². The molecule has 0 unspecified atom stereocenters. The van der Waals surface area contributed by atoms with Crippen molar-refractivity contribution in [2.75, 3.05) is 7.11 Å². The summed E-state index contributed by atoms with van der Waals surface area (Å²) in [6.45, 7) is 6.13. The maximum atomic E-state index is 11.2. The van der Waals surface area contributed by atoms with Crippen molar-refractivity contribution >= 4 is 17.4 Å². The van der Waals surface area contributed by atoms with Crippen molar-refractivity contribution < 1.29 is 9.66 Å². The van der Waals surface area contributed by atoms with E-state index in [9.17, 15) is 10.1 Å². The fraction of sp³-hybridized carbons (Fsp3) is 0.200. The Morgan fingerprint density at radius 2 is 2.04 bits per heavy atom. The summed E-state index contributed by atoms with van der Waals surface area (Å²) in [7, 11) is 1.62. The van der Waals surface area contributed by atoms with Crippen molar-refractivity contribution in [1.82, 2.24) is 14.8 Å². The molecule has 0 atom stereocenters. The van der Waals surface area contributed by atoms with Crippen LogP contribution >= 0.6 is 11.8 Å². The Labute approximate surface area is 167 Å². The van der Waals surface area contributed by atoms with Crippen molar-refractivity contribution in [3.63, 3.8) is 0 Å². The van der Waals surface area contributed by atoms with Crippen molar-refractivity contribution in [3.05, 3.63) is 76.4 Å². The standard InChI is InChI=1S/C20H20N4O3S/c1-4-12-23-19(16-9-5-6-11-18(16)27-3)21-22-20(23)28-13-15-8-7-10-17(14(15)2)24(25)26/h4-11H,1,12-13H2,2-3H3. The summed E-state index contributed by atoms with van der Waals surface area (Å²) >= 11 is 1.48. The van der Waals surface area contributed by atoms with Crippen LogP contribution in [0.25, 0.3) is 11.4 Å². The molecule has 0 spiro atoms. The molecule has 1 heterocycles. The minimum absolute atomic E-state index is 0.125. The van der Waals surface area contributed by atoms with Crippen LogP contribution in [-0.4, -0.2) is 26.8 Å². The number of ether oxygens (including phenoxy) is 1. The van der Waals surface area contributed by atoms with Gasteiger partial charge in [-0.15, -0.1) is 16.8 Å². The number of rotatable bonds is 8. The highest BCUT2D eigenvalue weighted by molar-refractivity contribution is 7.98. The quantitative estimate of drug-likeness (QED) is 0.239. The molecule has 1 aromatic heterocycles. The molecule has 0 aliphatic heterocycles. The summed E-state index contributed by atoms with van der Waals surface area (Å²) in [5.41, 5.74) is 2.53. The van der Waals surface area contributed by atoms with Crippen LogP contribution in [0.3, 0.4) is 0 Å². The van der Waals surface area contributed by atoms with Crippen LogP contribution in [0.1, 0.15) is 11.1 Å². The van der Waals surface area contributed by atoms with E-state index in [2.05, 4.69) is 16.8 Å². The van der Waals surface area contributed by atoms with Gasteiger partial charge in [0.15, 0.2) is 11.0 Å². The Hall–Kier alpha value is -3.13. The molecule has 0 amide bonds. The second-order valence-corrected chi connectivity index (χ2v) is 6.96. The first kappa shape index (κ1) is 19.6. The molecule has 0 bridgehead atoms. The number of nitro groups is 1. The molecule has 0 N–H and O–H groups in total. The first-order chi connectivity index (χ1) is 13.6. The third-order valence-corrected chi connectivity index (χ3v) is 5.36. The zero-order chi connectivity index (χ0) is 20.1. The number of aromatic nitrogens is 3. The minimum Gasteiger partial charge on any atom is -0.496 e. The number of allylic oxidation sites excluding steroid dienone is 1. The topological polar surface area (TPSA) is 83.1 Å². The van der Waals surface area contributed by atoms with E-state index in [0.717, 1.165) is 11.1 Å². The van der Waals surface area contributed by atoms with E-state index >= 15 is 0 Å². The second kappa shape index (κ2) is 8.71. The van der Waals surface area contributed by atoms with Gasteiger partial charge in [0.2, 0.25) is 0 Å². The molecule has 0 saturated carbocycles. The number of benzene rings is 2. The number of para-hydroxylation sites is 1. The summed E-state index contributed by atoms with van der Waals surface area (Å²) in [6, 6.07) is 12.7. The largest absolute Gasteiger partial charge is 0.496 e. The lowest BCUT2D eigenvalue weighted by Gasteiger charge is -2.11. The molecule has 0 radical (unpaired) electrons. The van der Waals surface area contributed by atoms with E-state index in [1.165, 1.54) is 17.8 Å². The molecule has 0 aliphatic carbocycles. The molecule has 3 aromatic rings. The smallest absolute Gasteiger partial charge is 0.272 e. The third kappa shape index (κ3) is 3.91. The van der Waals surface area contributed by atoms with E-state index in [0.29, 0.717) is 34.6 Å². The molecular weight excluding hydrogens is 376 g/mol. The Morgan fingerprint density at radius 3 is 2.75 bits per heavy atom. The molecule has 144 valence electrons. The Balaban J connectivity index is 1.92. The van der Waals surface area contributed by atoms with Gasteiger partial charge in [-0.1, -0.05) is 42.1 Å². The van der Waals surface area contributed by atoms with Crippen LogP contribution < -0.4 is 4.74 Å². The lowest BCUT2D eigenvalue weighted by molar-refractivity contribution is -0.385. The molecule has 0 saturated heterocycles. The van der Waals surface area contributed by atoms with Crippen molar-refractivity contribution in [3.8, 4) is 17.1 Å². The molecule has 0 fully saturated rings. The van der Waals surface area contributed by atoms with Gasteiger partial charge in [0.05, 0.1) is 17.6 Å². The Morgan fingerprint density at radius 1 is 1.25 bits per heavy atom. The van der Waals surface area contributed by atoms with Crippen molar-refractivity contribution in [2.24, 2.45) is 0 Å². The predicted octanol–water partition coefficient (Wildman–Crippen LogP) is 4.65. The van der Waals surface area contributed by atoms with Gasteiger partial charge in [-0.05, 0) is 24.6 Å². The first-order valence-electron chi connectivity index (χ1n) is 8.60. The van der Waals surface area contributed by atoms with E-state index in [-0.39, 0.29) is 10.6 Å². The van der Waals surface area contributed by atoms with Crippen LogP contribution in [0.15, 0.2) is 60.3 Å². The average Bonchev–Trinajstić information content (AvgIpc) is 3.09. The van der Waals surface area contributed by atoms with Crippen LogP contribution in [0.4, 0.5) is 5.69 Å². The molecule has 0 aliphatic rings. The Kier molecular flexibility index (Phi) is 6.10. The van der Waals surface area contributed by atoms with Gasteiger partial charge >= 0.3 is 0 Å². The molecule has 28 heavy (non-hydrogen) atoms. The lowest BCUT2D eigenvalue weighted by Crippen LogP contribution is -2.02. The van der Waals surface area contributed by atoms with E-state index in [4.69, 9.17) is 4.74 Å². The highest BCUT2D eigenvalue weighted by Crippen LogP contribution is 2.33. The minimum atomic E-state index is -0.358. The van der Waals surface area contributed by atoms with Crippen LogP contribution in [0.5, 0.6) is 5.75 Å². The number of methoxy groups -OCH3 is 1. The van der Waals surface area contributed by atoms with Crippen LogP contribution in [0.2, 0.25) is 0 Å². The predicted molar refractivity (Wildman–Crippen MR) is 110 cm³/mol. The van der Waals surface area contributed by atoms with Crippen molar-refractivity contribution in [2.45, 2.75) is 24.4 Å². The summed E-state index contributed by atoms with van der Waals surface area (Å²) in [4.78, 5) is 10.8. The maximum absolute atomic E-state index is 11.2. The van der Waals surface area contributed by atoms with Gasteiger partial charge in [-0.3, -0.25) is 14.7 Å². The number of hydrogen-bond acceptors (Lipinski definition) is 6. The van der Waals surface area contributed by atoms with Gasteiger partial charge in [-0.25, -0.2) is 0 Å². The normalized spacial score (nSPS) is 10.6. The van der Waals surface area contributed by atoms with Gasteiger partial charge in [0, 0.05) is 23.9 Å². The summed E-state index contributed by atoms with van der Waals surface area (Å²) in [6.07, 6.45) is 1.78. The van der Waals surface area contributed by atoms with Crippen molar-refractivity contribution in [1.29, 1.82) is 0 Å². The zero-order valence-corrected chi connectivity index (χ0v) is 16.5.